The van der Waals surface area contributed by atoms with Crippen molar-refractivity contribution in [3.8, 4) is 23.7 Å². The van der Waals surface area contributed by atoms with E-state index in [1.807, 2.05) is 54.6 Å². The molecular formula is C24H18ClN3O. The summed E-state index contributed by atoms with van der Waals surface area (Å²) in [4.78, 5) is 12.2. The first-order valence-corrected chi connectivity index (χ1v) is 9.29. The fourth-order valence-corrected chi connectivity index (χ4v) is 2.54. The first-order valence-electron chi connectivity index (χ1n) is 8.91. The van der Waals surface area contributed by atoms with Crippen molar-refractivity contribution in [2.24, 2.45) is 0 Å². The smallest absolute Gasteiger partial charge is 0.323 e. The van der Waals surface area contributed by atoms with Gasteiger partial charge in [-0.25, -0.2) is 4.79 Å². The van der Waals surface area contributed by atoms with Crippen molar-refractivity contribution in [1.29, 1.82) is 0 Å². The van der Waals surface area contributed by atoms with Gasteiger partial charge in [-0.15, -0.1) is 0 Å². The fraction of sp³-hybridized carbons (Fsp3) is 0.0417. The number of hydrogen-bond acceptors (Lipinski definition) is 2. The summed E-state index contributed by atoms with van der Waals surface area (Å²) in [6, 6.07) is 23.7. The zero-order valence-electron chi connectivity index (χ0n) is 15.5. The highest BCUT2D eigenvalue weighted by atomic mass is 35.5. The largest absolute Gasteiger partial charge is 0.372 e. The Kier molecular flexibility index (Phi) is 7.18. The normalized spacial score (nSPS) is 9.28. The lowest BCUT2D eigenvalue weighted by atomic mass is 10.2. The highest BCUT2D eigenvalue weighted by Gasteiger charge is 2.06. The Morgan fingerprint density at radius 3 is 2.24 bits per heavy atom. The van der Waals surface area contributed by atoms with Crippen LogP contribution in [0.2, 0.25) is 5.02 Å². The molecule has 0 aliphatic heterocycles. The predicted molar refractivity (Wildman–Crippen MR) is 120 cm³/mol. The van der Waals surface area contributed by atoms with Gasteiger partial charge in [-0.3, -0.25) is 0 Å². The topological polar surface area (TPSA) is 53.2 Å². The number of carbonyl (C=O) groups is 1. The van der Waals surface area contributed by atoms with Crippen molar-refractivity contribution in [3.63, 3.8) is 0 Å². The molecule has 0 bridgehead atoms. The zero-order valence-corrected chi connectivity index (χ0v) is 16.3. The number of halogens is 1. The molecule has 0 saturated heterocycles. The molecule has 5 heteroatoms. The van der Waals surface area contributed by atoms with Crippen LogP contribution in [0.15, 0.2) is 78.9 Å². The molecule has 0 aliphatic rings. The van der Waals surface area contributed by atoms with Crippen LogP contribution in [0.25, 0.3) is 0 Å². The second kappa shape index (κ2) is 10.5. The average Bonchev–Trinajstić information content (AvgIpc) is 2.74. The number of anilines is 3. The molecule has 0 spiro atoms. The molecule has 0 radical (unpaired) electrons. The third-order valence-electron chi connectivity index (χ3n) is 3.78. The second-order valence-electron chi connectivity index (χ2n) is 5.90. The molecule has 142 valence electrons. The van der Waals surface area contributed by atoms with Crippen molar-refractivity contribution in [2.75, 3.05) is 22.5 Å². The van der Waals surface area contributed by atoms with Crippen LogP contribution in [-0.4, -0.2) is 12.6 Å². The number of urea groups is 1. The summed E-state index contributed by atoms with van der Waals surface area (Å²) < 4.78 is 0. The molecule has 0 atom stereocenters. The summed E-state index contributed by atoms with van der Waals surface area (Å²) >= 11 is 5.85. The SMILES string of the molecule is O=C(Nc1ccc(Cl)cc1)Nc1ccccc1NCC#CC#Cc1ccccc1. The highest BCUT2D eigenvalue weighted by molar-refractivity contribution is 6.30. The van der Waals surface area contributed by atoms with E-state index in [1.165, 1.54) is 0 Å². The Balaban J connectivity index is 1.55. The maximum atomic E-state index is 12.2. The van der Waals surface area contributed by atoms with Crippen LogP contribution in [0.1, 0.15) is 5.56 Å². The second-order valence-corrected chi connectivity index (χ2v) is 6.34. The standard InChI is InChI=1S/C24H18ClN3O/c25-20-14-16-21(17-15-20)27-24(29)28-23-13-7-6-12-22(23)26-18-8-2-5-11-19-9-3-1-4-10-19/h1,3-4,6-7,9-10,12-17,26H,18H2,(H2,27,28,29). The molecular weight excluding hydrogens is 382 g/mol. The van der Waals surface area contributed by atoms with E-state index in [-0.39, 0.29) is 6.03 Å². The molecule has 3 aromatic rings. The molecule has 0 aromatic heterocycles. The molecule has 2 amide bonds. The highest BCUT2D eigenvalue weighted by Crippen LogP contribution is 2.21. The predicted octanol–water partition coefficient (Wildman–Crippen LogP) is 5.45. The minimum Gasteiger partial charge on any atom is -0.372 e. The van der Waals surface area contributed by atoms with Crippen LogP contribution in [0.3, 0.4) is 0 Å². The Hall–Kier alpha value is -3.86. The Morgan fingerprint density at radius 1 is 0.793 bits per heavy atom. The van der Waals surface area contributed by atoms with E-state index < -0.39 is 0 Å². The number of para-hydroxylation sites is 2. The van der Waals surface area contributed by atoms with E-state index in [0.717, 1.165) is 11.3 Å². The van der Waals surface area contributed by atoms with Gasteiger partial charge in [-0.05, 0) is 60.4 Å². The first-order chi connectivity index (χ1) is 14.2. The summed E-state index contributed by atoms with van der Waals surface area (Å²) in [6.07, 6.45) is 0. The maximum Gasteiger partial charge on any atom is 0.323 e. The minimum absolute atomic E-state index is 0.346. The van der Waals surface area contributed by atoms with Gasteiger partial charge >= 0.3 is 6.03 Å². The third kappa shape index (κ3) is 6.66. The molecule has 3 rings (SSSR count). The summed E-state index contributed by atoms with van der Waals surface area (Å²) in [5.74, 6) is 11.6. The third-order valence-corrected chi connectivity index (χ3v) is 4.03. The number of benzene rings is 3. The van der Waals surface area contributed by atoms with Gasteiger partial charge in [-0.2, -0.15) is 0 Å². The summed E-state index contributed by atoms with van der Waals surface area (Å²) in [5.41, 5.74) is 3.00. The minimum atomic E-state index is -0.346. The molecule has 4 nitrogen and oxygen atoms in total. The Labute approximate surface area is 175 Å². The molecule has 0 saturated carbocycles. The Bertz CT molecular complexity index is 1090. The number of nitrogens with one attached hydrogen (secondary N) is 3. The molecule has 3 aromatic carbocycles. The zero-order chi connectivity index (χ0) is 20.3. The van der Waals surface area contributed by atoms with Crippen LogP contribution >= 0.6 is 11.6 Å². The number of rotatable bonds is 4. The van der Waals surface area contributed by atoms with Crippen molar-refractivity contribution < 1.29 is 4.79 Å². The first kappa shape index (κ1) is 19.9. The summed E-state index contributed by atoms with van der Waals surface area (Å²) in [5, 5.41) is 9.39. The van der Waals surface area contributed by atoms with E-state index in [9.17, 15) is 4.79 Å². The van der Waals surface area contributed by atoms with Crippen LogP contribution in [-0.2, 0) is 0 Å². The lowest BCUT2D eigenvalue weighted by Gasteiger charge is -2.12. The fourth-order valence-electron chi connectivity index (χ4n) is 2.42. The van der Waals surface area contributed by atoms with Gasteiger partial charge in [0.15, 0.2) is 0 Å². The van der Waals surface area contributed by atoms with Crippen LogP contribution < -0.4 is 16.0 Å². The molecule has 0 fully saturated rings. The van der Waals surface area contributed by atoms with E-state index in [4.69, 9.17) is 11.6 Å². The van der Waals surface area contributed by atoms with Crippen LogP contribution in [0.5, 0.6) is 0 Å². The van der Waals surface area contributed by atoms with Crippen molar-refractivity contribution in [3.05, 3.63) is 89.4 Å². The Morgan fingerprint density at radius 2 is 1.48 bits per heavy atom. The van der Waals surface area contributed by atoms with E-state index in [0.29, 0.717) is 22.9 Å². The summed E-state index contributed by atoms with van der Waals surface area (Å²) in [6.45, 7) is 0.404. The number of hydrogen-bond donors (Lipinski definition) is 3. The van der Waals surface area contributed by atoms with Gasteiger partial charge in [0.05, 0.1) is 17.9 Å². The van der Waals surface area contributed by atoms with E-state index in [1.54, 1.807) is 24.3 Å². The average molecular weight is 400 g/mol. The van der Waals surface area contributed by atoms with Gasteiger partial charge in [0.25, 0.3) is 0 Å². The van der Waals surface area contributed by atoms with Gasteiger partial charge in [0.1, 0.15) is 0 Å². The van der Waals surface area contributed by atoms with Crippen molar-refractivity contribution in [1.82, 2.24) is 0 Å². The lowest BCUT2D eigenvalue weighted by Crippen LogP contribution is -2.20. The van der Waals surface area contributed by atoms with E-state index >= 15 is 0 Å². The molecule has 3 N–H and O–H groups in total. The molecule has 0 aliphatic carbocycles. The van der Waals surface area contributed by atoms with Crippen molar-refractivity contribution in [2.45, 2.75) is 0 Å². The maximum absolute atomic E-state index is 12.2. The van der Waals surface area contributed by atoms with Crippen LogP contribution in [0, 0.1) is 23.7 Å². The van der Waals surface area contributed by atoms with Crippen molar-refractivity contribution >= 4 is 34.7 Å². The van der Waals surface area contributed by atoms with Crippen LogP contribution in [0.4, 0.5) is 21.9 Å². The quantitative estimate of drug-likeness (QED) is 0.511. The number of amides is 2. The van der Waals surface area contributed by atoms with E-state index in [2.05, 4.69) is 39.6 Å². The monoisotopic (exact) mass is 399 g/mol. The van der Waals surface area contributed by atoms with Gasteiger partial charge < -0.3 is 16.0 Å². The molecule has 0 heterocycles. The number of carbonyl (C=O) groups excluding carboxylic acids is 1. The van der Waals surface area contributed by atoms with Gasteiger partial charge in [0, 0.05) is 16.3 Å². The van der Waals surface area contributed by atoms with Gasteiger partial charge in [-0.1, -0.05) is 53.8 Å². The lowest BCUT2D eigenvalue weighted by molar-refractivity contribution is 0.262. The van der Waals surface area contributed by atoms with Gasteiger partial charge in [0.2, 0.25) is 0 Å². The summed E-state index contributed by atoms with van der Waals surface area (Å²) in [7, 11) is 0. The molecule has 0 unspecified atom stereocenters. The molecule has 29 heavy (non-hydrogen) atoms.